The molecule has 6 heteroatoms. The third kappa shape index (κ3) is 5.72. The van der Waals surface area contributed by atoms with Crippen LogP contribution in [0.1, 0.15) is 26.7 Å². The molecule has 0 unspecified atom stereocenters. The van der Waals surface area contributed by atoms with Crippen LogP contribution in [0.25, 0.3) is 0 Å². The summed E-state index contributed by atoms with van der Waals surface area (Å²) in [4.78, 5) is 0. The van der Waals surface area contributed by atoms with E-state index in [2.05, 4.69) is 39.8 Å². The lowest BCUT2D eigenvalue weighted by Crippen LogP contribution is -2.19. The first kappa shape index (κ1) is 16.1. The second kappa shape index (κ2) is 7.03. The Hall–Kier alpha value is -0.910. The fourth-order valence-electron chi connectivity index (χ4n) is 1.68. The van der Waals surface area contributed by atoms with Crippen LogP contribution in [-0.4, -0.2) is 12.9 Å². The molecule has 0 saturated heterocycles. The molecule has 1 aromatic carbocycles. The van der Waals surface area contributed by atoms with Gasteiger partial charge in [0.15, 0.2) is 5.75 Å². The Bertz CT molecular complexity index is 405. The molecule has 2 nitrogen and oxygen atoms in total. The molecular weight excluding hydrogens is 323 g/mol. The molecular formula is C13H17BrF3NO. The highest BCUT2D eigenvalue weighted by atomic mass is 79.9. The van der Waals surface area contributed by atoms with Gasteiger partial charge >= 0.3 is 6.36 Å². The zero-order chi connectivity index (χ0) is 14.5. The molecule has 0 heterocycles. The van der Waals surface area contributed by atoms with Gasteiger partial charge in [0.25, 0.3) is 0 Å². The molecule has 0 radical (unpaired) electrons. The molecule has 0 aliphatic carbocycles. The second-order valence-electron chi connectivity index (χ2n) is 4.25. The van der Waals surface area contributed by atoms with E-state index in [0.717, 1.165) is 12.8 Å². The van der Waals surface area contributed by atoms with Gasteiger partial charge in [0, 0.05) is 11.0 Å². The number of hydrogen-bond acceptors (Lipinski definition) is 2. The van der Waals surface area contributed by atoms with Crippen LogP contribution in [-0.2, 0) is 0 Å². The van der Waals surface area contributed by atoms with E-state index in [4.69, 9.17) is 0 Å². The number of nitrogens with one attached hydrogen (secondary N) is 1. The van der Waals surface area contributed by atoms with Crippen molar-refractivity contribution < 1.29 is 17.9 Å². The summed E-state index contributed by atoms with van der Waals surface area (Å²) in [7, 11) is 0. The Morgan fingerprint density at radius 2 is 1.89 bits per heavy atom. The van der Waals surface area contributed by atoms with Crippen LogP contribution in [0.5, 0.6) is 5.75 Å². The Morgan fingerprint density at radius 3 is 2.42 bits per heavy atom. The maximum absolute atomic E-state index is 12.3. The van der Waals surface area contributed by atoms with Gasteiger partial charge in [-0.2, -0.15) is 0 Å². The van der Waals surface area contributed by atoms with Crippen molar-refractivity contribution >= 4 is 21.6 Å². The second-order valence-corrected chi connectivity index (χ2v) is 5.17. The van der Waals surface area contributed by atoms with Gasteiger partial charge in [-0.1, -0.05) is 42.6 Å². The first-order valence-electron chi connectivity index (χ1n) is 6.14. The van der Waals surface area contributed by atoms with Crippen molar-refractivity contribution in [2.24, 2.45) is 5.92 Å². The first-order valence-corrected chi connectivity index (χ1v) is 6.94. The Balaban J connectivity index is 2.81. The zero-order valence-corrected chi connectivity index (χ0v) is 12.4. The summed E-state index contributed by atoms with van der Waals surface area (Å²) < 4.78 is 41.5. The number of rotatable bonds is 6. The van der Waals surface area contributed by atoms with Gasteiger partial charge in [-0.15, -0.1) is 13.2 Å². The number of benzene rings is 1. The molecule has 108 valence electrons. The van der Waals surface area contributed by atoms with Crippen LogP contribution in [0.15, 0.2) is 22.7 Å². The minimum atomic E-state index is -4.69. The molecule has 0 fully saturated rings. The lowest BCUT2D eigenvalue weighted by molar-refractivity contribution is -0.274. The molecule has 0 aliphatic heterocycles. The highest BCUT2D eigenvalue weighted by Crippen LogP contribution is 2.33. The van der Waals surface area contributed by atoms with Crippen molar-refractivity contribution in [3.05, 3.63) is 22.7 Å². The van der Waals surface area contributed by atoms with E-state index in [1.165, 1.54) is 6.07 Å². The third-order valence-corrected chi connectivity index (χ3v) is 3.40. The molecule has 0 aromatic heterocycles. The lowest BCUT2D eigenvalue weighted by atomic mass is 10.0. The van der Waals surface area contributed by atoms with Crippen LogP contribution in [0.3, 0.4) is 0 Å². The highest BCUT2D eigenvalue weighted by molar-refractivity contribution is 9.10. The van der Waals surface area contributed by atoms with Gasteiger partial charge in [-0.25, -0.2) is 0 Å². The fourth-order valence-corrected chi connectivity index (χ4v) is 2.02. The van der Waals surface area contributed by atoms with Gasteiger partial charge in [-0.3, -0.25) is 0 Å². The van der Waals surface area contributed by atoms with Gasteiger partial charge in [-0.05, 0) is 24.1 Å². The Morgan fingerprint density at radius 1 is 1.26 bits per heavy atom. The van der Waals surface area contributed by atoms with E-state index >= 15 is 0 Å². The summed E-state index contributed by atoms with van der Waals surface area (Å²) in [5.74, 6) is 0.218. The van der Waals surface area contributed by atoms with E-state index in [1.807, 2.05) is 0 Å². The number of hydrogen-bond donors (Lipinski definition) is 1. The Labute approximate surface area is 119 Å². The molecule has 0 atom stereocenters. The summed E-state index contributed by atoms with van der Waals surface area (Å²) in [6, 6.07) is 4.56. The van der Waals surface area contributed by atoms with Gasteiger partial charge in [0.2, 0.25) is 0 Å². The van der Waals surface area contributed by atoms with Crippen LogP contribution in [0.2, 0.25) is 0 Å². The number of alkyl halides is 3. The summed E-state index contributed by atoms with van der Waals surface area (Å²) >= 11 is 3.14. The number of anilines is 1. The predicted octanol–water partition coefficient (Wildman–Crippen LogP) is 5.20. The maximum Gasteiger partial charge on any atom is 0.573 e. The topological polar surface area (TPSA) is 21.3 Å². The fraction of sp³-hybridized carbons (Fsp3) is 0.538. The van der Waals surface area contributed by atoms with Crippen LogP contribution in [0, 0.1) is 5.92 Å². The van der Waals surface area contributed by atoms with Crippen LogP contribution < -0.4 is 10.1 Å². The van der Waals surface area contributed by atoms with Crippen molar-refractivity contribution in [1.82, 2.24) is 0 Å². The molecule has 1 aromatic rings. The monoisotopic (exact) mass is 339 g/mol. The number of halogens is 4. The van der Waals surface area contributed by atoms with Gasteiger partial charge in [0.05, 0.1) is 5.69 Å². The smallest absolute Gasteiger partial charge is 0.404 e. The van der Waals surface area contributed by atoms with Gasteiger partial charge < -0.3 is 10.1 Å². The molecule has 0 aliphatic rings. The average molecular weight is 340 g/mol. The molecule has 1 rings (SSSR count). The zero-order valence-electron chi connectivity index (χ0n) is 10.9. The largest absolute Gasteiger partial charge is 0.573 e. The van der Waals surface area contributed by atoms with Crippen molar-refractivity contribution in [1.29, 1.82) is 0 Å². The summed E-state index contributed by atoms with van der Waals surface area (Å²) in [5, 5.41) is 3.02. The molecule has 0 spiro atoms. The van der Waals surface area contributed by atoms with E-state index in [1.54, 1.807) is 12.1 Å². The summed E-state index contributed by atoms with van der Waals surface area (Å²) in [6.45, 7) is 4.75. The number of ether oxygens (including phenoxy) is 1. The van der Waals surface area contributed by atoms with E-state index < -0.39 is 6.36 Å². The molecule has 1 N–H and O–H groups in total. The Kier molecular flexibility index (Phi) is 5.97. The van der Waals surface area contributed by atoms with E-state index in [-0.39, 0.29) is 5.75 Å². The molecule has 0 bridgehead atoms. The quantitative estimate of drug-likeness (QED) is 0.769. The van der Waals surface area contributed by atoms with Crippen molar-refractivity contribution in [2.75, 3.05) is 11.9 Å². The first-order chi connectivity index (χ1) is 8.85. The average Bonchev–Trinajstić information content (AvgIpc) is 2.30. The van der Waals surface area contributed by atoms with Crippen LogP contribution >= 0.6 is 15.9 Å². The predicted molar refractivity (Wildman–Crippen MR) is 73.4 cm³/mol. The third-order valence-electron chi connectivity index (χ3n) is 2.91. The van der Waals surface area contributed by atoms with E-state index in [0.29, 0.717) is 22.6 Å². The van der Waals surface area contributed by atoms with Crippen molar-refractivity contribution in [2.45, 2.75) is 33.1 Å². The van der Waals surface area contributed by atoms with Crippen molar-refractivity contribution in [3.63, 3.8) is 0 Å². The SMILES string of the molecule is CCC(CC)CNc1ccc(Br)cc1OC(F)(F)F. The minimum absolute atomic E-state index is 0.215. The lowest BCUT2D eigenvalue weighted by Gasteiger charge is -2.18. The van der Waals surface area contributed by atoms with Crippen LogP contribution in [0.4, 0.5) is 18.9 Å². The molecule has 0 saturated carbocycles. The minimum Gasteiger partial charge on any atom is -0.404 e. The highest BCUT2D eigenvalue weighted by Gasteiger charge is 2.32. The molecule has 0 amide bonds. The standard InChI is InChI=1S/C13H17BrF3NO/c1-3-9(4-2)8-18-11-6-5-10(14)7-12(11)19-13(15,16)17/h5-7,9,18H,3-4,8H2,1-2H3. The normalized spacial score (nSPS) is 11.7. The summed E-state index contributed by atoms with van der Waals surface area (Å²) in [6.07, 6.45) is -2.73. The van der Waals surface area contributed by atoms with Crippen molar-refractivity contribution in [3.8, 4) is 5.75 Å². The molecule has 19 heavy (non-hydrogen) atoms. The van der Waals surface area contributed by atoms with Gasteiger partial charge in [0.1, 0.15) is 0 Å². The maximum atomic E-state index is 12.3. The van der Waals surface area contributed by atoms with E-state index in [9.17, 15) is 13.2 Å². The summed E-state index contributed by atoms with van der Waals surface area (Å²) in [5.41, 5.74) is 0.354.